The van der Waals surface area contributed by atoms with Crippen LogP contribution in [0.5, 0.6) is 0 Å². The minimum atomic E-state index is -1.83. The Kier molecular flexibility index (Phi) is 3.39. The summed E-state index contributed by atoms with van der Waals surface area (Å²) in [6.07, 6.45) is 1.52. The summed E-state index contributed by atoms with van der Waals surface area (Å²) in [5.41, 5.74) is 0.714. The van der Waals surface area contributed by atoms with Gasteiger partial charge in [-0.2, -0.15) is 0 Å². The summed E-state index contributed by atoms with van der Waals surface area (Å²) in [5.74, 6) is 0. The minimum absolute atomic E-state index is 0.714. The average molecular weight is 132 g/mol. The van der Waals surface area contributed by atoms with Crippen molar-refractivity contribution in [2.75, 3.05) is 0 Å². The molecular weight excluding hydrogens is 124 g/mol. The second kappa shape index (κ2) is 3.57. The Morgan fingerprint density at radius 1 is 1.88 bits per heavy atom. The highest BCUT2D eigenvalue weighted by molar-refractivity contribution is 7.82. The first-order valence-electron chi connectivity index (χ1n) is 2.07. The van der Waals surface area contributed by atoms with Crippen molar-refractivity contribution in [1.82, 2.24) is 0 Å². The van der Waals surface area contributed by atoms with Crippen molar-refractivity contribution in [3.05, 3.63) is 23.6 Å². The van der Waals surface area contributed by atoms with E-state index in [4.69, 9.17) is 4.55 Å². The summed E-state index contributed by atoms with van der Waals surface area (Å²) in [7, 11) is 0. The maximum atomic E-state index is 9.96. The third-order valence-corrected chi connectivity index (χ3v) is 1.18. The van der Waals surface area contributed by atoms with Crippen LogP contribution in [0.4, 0.5) is 0 Å². The zero-order chi connectivity index (χ0) is 6.57. The summed E-state index contributed by atoms with van der Waals surface area (Å²) in [5, 5.41) is 1.22. The quantitative estimate of drug-likeness (QED) is 0.454. The second-order valence-corrected chi connectivity index (χ2v) is 2.13. The third kappa shape index (κ3) is 3.77. The fourth-order valence-electron chi connectivity index (χ4n) is 0.207. The van der Waals surface area contributed by atoms with E-state index in [1.807, 2.05) is 0 Å². The predicted octanol–water partition coefficient (Wildman–Crippen LogP) is 1.30. The van der Waals surface area contributed by atoms with E-state index in [1.54, 1.807) is 6.92 Å². The molecule has 1 unspecified atom stereocenters. The molecule has 0 aromatic carbocycles. The molecule has 0 rings (SSSR count). The summed E-state index contributed by atoms with van der Waals surface area (Å²) in [4.78, 5) is 0. The Hall–Kier alpha value is -0.410. The van der Waals surface area contributed by atoms with Crippen molar-refractivity contribution in [1.29, 1.82) is 0 Å². The van der Waals surface area contributed by atoms with Crippen molar-refractivity contribution >= 4 is 11.1 Å². The van der Waals surface area contributed by atoms with Crippen LogP contribution in [-0.2, 0) is 11.1 Å². The van der Waals surface area contributed by atoms with E-state index < -0.39 is 11.1 Å². The molecule has 3 heteroatoms. The fourth-order valence-corrected chi connectivity index (χ4v) is 0.621. The number of hydrogen-bond acceptors (Lipinski definition) is 1. The predicted molar refractivity (Wildman–Crippen MR) is 34.7 cm³/mol. The lowest BCUT2D eigenvalue weighted by Crippen LogP contribution is -1.78. The molecule has 0 aliphatic rings. The molecule has 0 aliphatic heterocycles. The Morgan fingerprint density at radius 3 is 2.50 bits per heavy atom. The van der Waals surface area contributed by atoms with Gasteiger partial charge in [-0.15, -0.1) is 0 Å². The van der Waals surface area contributed by atoms with E-state index in [0.717, 1.165) is 0 Å². The fraction of sp³-hybridized carbons (Fsp3) is 0.200. The molecule has 1 N–H and O–H groups in total. The van der Waals surface area contributed by atoms with Crippen LogP contribution in [-0.4, -0.2) is 8.76 Å². The van der Waals surface area contributed by atoms with Gasteiger partial charge < -0.3 is 4.55 Å². The Morgan fingerprint density at radius 2 is 2.38 bits per heavy atom. The van der Waals surface area contributed by atoms with Crippen LogP contribution >= 0.6 is 0 Å². The number of hydrogen-bond donors (Lipinski definition) is 1. The van der Waals surface area contributed by atoms with Gasteiger partial charge >= 0.3 is 0 Å². The van der Waals surface area contributed by atoms with Crippen molar-refractivity contribution in [3.8, 4) is 0 Å². The van der Waals surface area contributed by atoms with E-state index in [1.165, 1.54) is 11.5 Å². The van der Waals surface area contributed by atoms with Crippen LogP contribution in [0.15, 0.2) is 23.6 Å². The first-order valence-corrected chi connectivity index (χ1v) is 3.24. The Balaban J connectivity index is 3.94. The van der Waals surface area contributed by atoms with E-state index in [2.05, 4.69) is 6.58 Å². The topological polar surface area (TPSA) is 37.3 Å². The maximum Gasteiger partial charge on any atom is 0.179 e. The van der Waals surface area contributed by atoms with Gasteiger partial charge in [-0.3, -0.25) is 0 Å². The second-order valence-electron chi connectivity index (χ2n) is 1.34. The normalized spacial score (nSPS) is 15.5. The number of rotatable bonds is 2. The van der Waals surface area contributed by atoms with Crippen LogP contribution in [0.25, 0.3) is 0 Å². The molecule has 0 radical (unpaired) electrons. The minimum Gasteiger partial charge on any atom is -0.303 e. The van der Waals surface area contributed by atoms with Gasteiger partial charge in [0.05, 0.1) is 0 Å². The zero-order valence-corrected chi connectivity index (χ0v) is 5.44. The molecule has 1 atom stereocenters. The molecule has 0 saturated carbocycles. The van der Waals surface area contributed by atoms with Gasteiger partial charge in [-0.1, -0.05) is 12.7 Å². The average Bonchev–Trinajstić information content (AvgIpc) is 1.65. The van der Waals surface area contributed by atoms with Crippen LogP contribution in [0, 0.1) is 0 Å². The van der Waals surface area contributed by atoms with Crippen LogP contribution in [0.1, 0.15) is 6.92 Å². The lowest BCUT2D eigenvalue weighted by Gasteiger charge is -1.83. The molecule has 2 nitrogen and oxygen atoms in total. The molecular formula is C5H8O2S. The SMILES string of the molecule is C=C/C(C)=C\S(=O)O. The van der Waals surface area contributed by atoms with Crippen molar-refractivity contribution < 1.29 is 8.76 Å². The highest BCUT2D eigenvalue weighted by Crippen LogP contribution is 1.92. The lowest BCUT2D eigenvalue weighted by atomic mass is 10.4. The van der Waals surface area contributed by atoms with Gasteiger partial charge in [0.2, 0.25) is 0 Å². The van der Waals surface area contributed by atoms with E-state index in [9.17, 15) is 4.21 Å². The van der Waals surface area contributed by atoms with E-state index in [0.29, 0.717) is 5.57 Å². The Bertz CT molecular complexity index is 137. The van der Waals surface area contributed by atoms with Gasteiger partial charge in [0.1, 0.15) is 0 Å². The smallest absolute Gasteiger partial charge is 0.179 e. The van der Waals surface area contributed by atoms with E-state index in [-0.39, 0.29) is 0 Å². The van der Waals surface area contributed by atoms with Crippen molar-refractivity contribution in [2.45, 2.75) is 6.92 Å². The summed E-state index contributed by atoms with van der Waals surface area (Å²) >= 11 is -1.83. The molecule has 0 heterocycles. The molecule has 0 fully saturated rings. The van der Waals surface area contributed by atoms with E-state index >= 15 is 0 Å². The maximum absolute atomic E-state index is 9.96. The van der Waals surface area contributed by atoms with Crippen LogP contribution in [0.2, 0.25) is 0 Å². The first kappa shape index (κ1) is 7.59. The molecule has 46 valence electrons. The molecule has 0 aliphatic carbocycles. The standard InChI is InChI=1S/C5H8O2S/c1-3-5(2)4-8(6)7/h3-4H,1H2,2H3,(H,6,7)/b5-4-. The van der Waals surface area contributed by atoms with Crippen molar-refractivity contribution in [2.24, 2.45) is 0 Å². The first-order chi connectivity index (χ1) is 3.66. The molecule has 0 amide bonds. The van der Waals surface area contributed by atoms with Crippen molar-refractivity contribution in [3.63, 3.8) is 0 Å². The van der Waals surface area contributed by atoms with Gasteiger partial charge in [-0.25, -0.2) is 4.21 Å². The molecule has 0 aromatic rings. The monoisotopic (exact) mass is 132 g/mol. The molecule has 0 bridgehead atoms. The number of allylic oxidation sites excluding steroid dienone is 2. The highest BCUT2D eigenvalue weighted by Gasteiger charge is 1.82. The third-order valence-electron chi connectivity index (χ3n) is 0.609. The van der Waals surface area contributed by atoms with Crippen LogP contribution < -0.4 is 0 Å². The van der Waals surface area contributed by atoms with Gasteiger partial charge in [0.25, 0.3) is 0 Å². The largest absolute Gasteiger partial charge is 0.303 e. The molecule has 0 aromatic heterocycles. The van der Waals surface area contributed by atoms with Gasteiger partial charge in [0.15, 0.2) is 11.1 Å². The Labute approximate surface area is 51.2 Å². The molecule has 0 spiro atoms. The summed E-state index contributed by atoms with van der Waals surface area (Å²) in [6.45, 7) is 5.11. The van der Waals surface area contributed by atoms with Gasteiger partial charge in [0, 0.05) is 5.41 Å². The highest BCUT2D eigenvalue weighted by atomic mass is 32.2. The lowest BCUT2D eigenvalue weighted by molar-refractivity contribution is 0.574. The van der Waals surface area contributed by atoms with Gasteiger partial charge in [-0.05, 0) is 12.5 Å². The summed E-state index contributed by atoms with van der Waals surface area (Å²) < 4.78 is 18.2. The summed E-state index contributed by atoms with van der Waals surface area (Å²) in [6, 6.07) is 0. The molecule has 0 saturated heterocycles. The zero-order valence-electron chi connectivity index (χ0n) is 4.63. The van der Waals surface area contributed by atoms with Crippen LogP contribution in [0.3, 0.4) is 0 Å². The molecule has 8 heavy (non-hydrogen) atoms.